The lowest BCUT2D eigenvalue weighted by Gasteiger charge is -2.20. The average molecular weight is 441 g/mol. The molecule has 0 atom stereocenters. The van der Waals surface area contributed by atoms with Gasteiger partial charge >= 0.3 is 0 Å². The minimum absolute atomic E-state index is 0.247. The third kappa shape index (κ3) is 3.96. The lowest BCUT2D eigenvalue weighted by Crippen LogP contribution is -2.31. The van der Waals surface area contributed by atoms with Crippen molar-refractivity contribution >= 4 is 40.5 Å². The van der Waals surface area contributed by atoms with Gasteiger partial charge in [-0.3, -0.25) is 9.59 Å². The summed E-state index contributed by atoms with van der Waals surface area (Å²) in [5.74, 6) is 0.127. The number of amides is 2. The second-order valence-electron chi connectivity index (χ2n) is 8.00. The highest BCUT2D eigenvalue weighted by molar-refractivity contribution is 8.03. The van der Waals surface area contributed by atoms with Crippen LogP contribution < -0.4 is 9.80 Å². The van der Waals surface area contributed by atoms with Gasteiger partial charge in [0.05, 0.1) is 16.2 Å². The summed E-state index contributed by atoms with van der Waals surface area (Å²) >= 11 is 1.43. The second-order valence-corrected chi connectivity index (χ2v) is 8.99. The Kier molecular flexibility index (Phi) is 5.82. The number of carbonyl (C=O) groups excluding carboxylic acids is 2. The summed E-state index contributed by atoms with van der Waals surface area (Å²) < 4.78 is 0. The highest BCUT2D eigenvalue weighted by Gasteiger charge is 2.40. The summed E-state index contributed by atoms with van der Waals surface area (Å²) in [7, 11) is 0. The standard InChI is InChI=1S/C27H24N2O2S/c30-26-24(21-11-5-2-6-12-21)25(32-19-20-9-3-1-4-10-20)27(31)29(26)23-15-13-22(14-16-23)28-17-7-8-18-28/h1-6,9-16H,7-8,17-19H2. The van der Waals surface area contributed by atoms with Gasteiger partial charge in [-0.05, 0) is 48.2 Å². The summed E-state index contributed by atoms with van der Waals surface area (Å²) in [5.41, 5.74) is 4.13. The maximum absolute atomic E-state index is 13.5. The van der Waals surface area contributed by atoms with Crippen molar-refractivity contribution in [1.29, 1.82) is 0 Å². The smallest absolute Gasteiger partial charge is 0.272 e. The highest BCUT2D eigenvalue weighted by Crippen LogP contribution is 2.40. The SMILES string of the molecule is O=C1C(SCc2ccccc2)=C(c2ccccc2)C(=O)N1c1ccc(N2CCCC2)cc1. The molecule has 0 aliphatic carbocycles. The van der Waals surface area contributed by atoms with E-state index in [-0.39, 0.29) is 11.8 Å². The van der Waals surface area contributed by atoms with Gasteiger partial charge in [0.25, 0.3) is 11.8 Å². The molecule has 0 saturated carbocycles. The minimum Gasteiger partial charge on any atom is -0.372 e. The molecule has 5 rings (SSSR count). The molecule has 0 aromatic heterocycles. The molecule has 4 nitrogen and oxygen atoms in total. The molecule has 5 heteroatoms. The highest BCUT2D eigenvalue weighted by atomic mass is 32.2. The van der Waals surface area contributed by atoms with Crippen molar-refractivity contribution in [1.82, 2.24) is 0 Å². The van der Waals surface area contributed by atoms with Gasteiger partial charge in [-0.25, -0.2) is 4.90 Å². The lowest BCUT2D eigenvalue weighted by molar-refractivity contribution is -0.119. The van der Waals surface area contributed by atoms with E-state index in [2.05, 4.69) is 4.90 Å². The fraction of sp³-hybridized carbons (Fsp3) is 0.185. The Morgan fingerprint density at radius 2 is 1.28 bits per heavy atom. The molecule has 3 aromatic rings. The fourth-order valence-corrected chi connectivity index (χ4v) is 5.32. The summed E-state index contributed by atoms with van der Waals surface area (Å²) in [4.78, 5) is 31.2. The second kappa shape index (κ2) is 9.05. The van der Waals surface area contributed by atoms with Crippen molar-refractivity contribution in [3.8, 4) is 0 Å². The average Bonchev–Trinajstić information content (AvgIpc) is 3.46. The topological polar surface area (TPSA) is 40.6 Å². The molecule has 0 radical (unpaired) electrons. The molecule has 0 bridgehead atoms. The zero-order chi connectivity index (χ0) is 21.9. The maximum Gasteiger partial charge on any atom is 0.272 e. The van der Waals surface area contributed by atoms with Crippen LogP contribution in [0, 0.1) is 0 Å². The number of carbonyl (C=O) groups is 2. The van der Waals surface area contributed by atoms with Crippen molar-refractivity contribution in [3.63, 3.8) is 0 Å². The van der Waals surface area contributed by atoms with Gasteiger partial charge in [0.1, 0.15) is 0 Å². The van der Waals surface area contributed by atoms with E-state index in [9.17, 15) is 9.59 Å². The fourth-order valence-electron chi connectivity index (χ4n) is 4.26. The summed E-state index contributed by atoms with van der Waals surface area (Å²) in [6.07, 6.45) is 2.41. The van der Waals surface area contributed by atoms with Crippen LogP contribution in [0.25, 0.3) is 5.57 Å². The van der Waals surface area contributed by atoms with E-state index in [4.69, 9.17) is 0 Å². The molecule has 0 unspecified atom stereocenters. The van der Waals surface area contributed by atoms with Crippen LogP contribution in [0.5, 0.6) is 0 Å². The van der Waals surface area contributed by atoms with E-state index in [1.54, 1.807) is 0 Å². The molecule has 3 aromatic carbocycles. The van der Waals surface area contributed by atoms with E-state index < -0.39 is 0 Å². The molecule has 1 saturated heterocycles. The Hall–Kier alpha value is -3.31. The number of thioether (sulfide) groups is 1. The number of benzene rings is 3. The maximum atomic E-state index is 13.5. The van der Waals surface area contributed by atoms with Gasteiger partial charge in [-0.15, -0.1) is 11.8 Å². The number of hydrogen-bond donors (Lipinski definition) is 0. The largest absolute Gasteiger partial charge is 0.372 e. The Bertz CT molecular complexity index is 1150. The predicted molar refractivity (Wildman–Crippen MR) is 131 cm³/mol. The first kappa shape index (κ1) is 20.6. The Morgan fingerprint density at radius 3 is 1.94 bits per heavy atom. The van der Waals surface area contributed by atoms with E-state index in [1.807, 2.05) is 84.9 Å². The molecule has 32 heavy (non-hydrogen) atoms. The first-order valence-corrected chi connectivity index (χ1v) is 11.9. The molecular weight excluding hydrogens is 416 g/mol. The molecule has 160 valence electrons. The third-order valence-electron chi connectivity index (χ3n) is 5.91. The Labute approximate surface area is 192 Å². The van der Waals surface area contributed by atoms with Crippen molar-refractivity contribution < 1.29 is 9.59 Å². The number of imide groups is 1. The van der Waals surface area contributed by atoms with Crippen LogP contribution in [0.15, 0.2) is 89.8 Å². The summed E-state index contributed by atoms with van der Waals surface area (Å²) in [6.45, 7) is 2.11. The van der Waals surface area contributed by atoms with Crippen molar-refractivity contribution in [3.05, 3.63) is 101 Å². The minimum atomic E-state index is -0.259. The monoisotopic (exact) mass is 440 g/mol. The quantitative estimate of drug-likeness (QED) is 0.474. The first-order chi connectivity index (χ1) is 15.7. The predicted octanol–water partition coefficient (Wildman–Crippen LogP) is 5.50. The van der Waals surface area contributed by atoms with Crippen LogP contribution in [0.4, 0.5) is 11.4 Å². The summed E-state index contributed by atoms with van der Waals surface area (Å²) in [6, 6.07) is 27.3. The van der Waals surface area contributed by atoms with Gasteiger partial charge < -0.3 is 4.90 Å². The van der Waals surface area contributed by atoms with Crippen LogP contribution in [-0.2, 0) is 15.3 Å². The number of rotatable bonds is 6. The molecule has 2 heterocycles. The molecule has 1 fully saturated rings. The van der Waals surface area contributed by atoms with Crippen LogP contribution in [0.1, 0.15) is 24.0 Å². The number of nitrogens with zero attached hydrogens (tertiary/aromatic N) is 2. The van der Waals surface area contributed by atoms with Crippen LogP contribution in [0.3, 0.4) is 0 Å². The lowest BCUT2D eigenvalue weighted by atomic mass is 10.1. The first-order valence-electron chi connectivity index (χ1n) is 10.9. The van der Waals surface area contributed by atoms with E-state index in [1.165, 1.54) is 29.5 Å². The van der Waals surface area contributed by atoms with Gasteiger partial charge in [0.15, 0.2) is 0 Å². The zero-order valence-electron chi connectivity index (χ0n) is 17.7. The van der Waals surface area contributed by atoms with Gasteiger partial charge in [0.2, 0.25) is 0 Å². The summed E-state index contributed by atoms with van der Waals surface area (Å²) in [5, 5.41) is 0. The molecule has 2 amide bonds. The van der Waals surface area contributed by atoms with Crippen LogP contribution in [0.2, 0.25) is 0 Å². The normalized spacial score (nSPS) is 16.4. The zero-order valence-corrected chi connectivity index (χ0v) is 18.6. The molecule has 2 aliphatic rings. The van der Waals surface area contributed by atoms with E-state index >= 15 is 0 Å². The molecule has 0 spiro atoms. The van der Waals surface area contributed by atoms with Crippen LogP contribution >= 0.6 is 11.8 Å². The van der Waals surface area contributed by atoms with Crippen molar-refractivity contribution in [2.45, 2.75) is 18.6 Å². The van der Waals surface area contributed by atoms with Gasteiger partial charge in [-0.2, -0.15) is 0 Å². The Balaban J connectivity index is 1.46. The van der Waals surface area contributed by atoms with E-state index in [0.717, 1.165) is 29.9 Å². The van der Waals surface area contributed by atoms with Crippen LogP contribution in [-0.4, -0.2) is 24.9 Å². The molecule has 2 aliphatic heterocycles. The number of hydrogen-bond acceptors (Lipinski definition) is 4. The van der Waals surface area contributed by atoms with Gasteiger partial charge in [0, 0.05) is 24.5 Å². The Morgan fingerprint density at radius 1 is 0.688 bits per heavy atom. The third-order valence-corrected chi connectivity index (χ3v) is 7.05. The van der Waals surface area contributed by atoms with Gasteiger partial charge in [-0.1, -0.05) is 60.7 Å². The van der Waals surface area contributed by atoms with E-state index in [0.29, 0.717) is 21.9 Å². The van der Waals surface area contributed by atoms with Crippen molar-refractivity contribution in [2.75, 3.05) is 22.9 Å². The van der Waals surface area contributed by atoms with Crippen molar-refractivity contribution in [2.24, 2.45) is 0 Å². The molecular formula is C27H24N2O2S. The number of anilines is 2. The molecule has 0 N–H and O–H groups in total.